The summed E-state index contributed by atoms with van der Waals surface area (Å²) in [5.74, 6) is 2.93. The fourth-order valence-corrected chi connectivity index (χ4v) is 3.38. The van der Waals surface area contributed by atoms with Crippen LogP contribution in [-0.4, -0.2) is 27.9 Å². The maximum atomic E-state index is 4.21. The highest BCUT2D eigenvalue weighted by Gasteiger charge is 2.20. The molecule has 1 N–H and O–H groups in total. The van der Waals surface area contributed by atoms with E-state index in [1.165, 1.54) is 11.3 Å². The van der Waals surface area contributed by atoms with Crippen LogP contribution in [0.25, 0.3) is 0 Å². The molecular weight excluding hydrogens is 256 g/mol. The second kappa shape index (κ2) is 5.84. The number of thiophene rings is 1. The van der Waals surface area contributed by atoms with Gasteiger partial charge in [0.25, 0.3) is 0 Å². The Morgan fingerprint density at radius 2 is 2.42 bits per heavy atom. The molecular formula is C14H20N4S. The topological polar surface area (TPSA) is 42.7 Å². The van der Waals surface area contributed by atoms with Crippen LogP contribution >= 0.6 is 11.3 Å². The van der Waals surface area contributed by atoms with Crippen molar-refractivity contribution in [1.82, 2.24) is 20.1 Å². The smallest absolute Gasteiger partial charge is 0.133 e. The van der Waals surface area contributed by atoms with E-state index in [2.05, 4.69) is 37.6 Å². The third-order valence-corrected chi connectivity index (χ3v) is 4.73. The van der Waals surface area contributed by atoms with E-state index in [0.717, 1.165) is 44.1 Å². The van der Waals surface area contributed by atoms with Gasteiger partial charge in [-0.05, 0) is 50.2 Å². The van der Waals surface area contributed by atoms with E-state index < -0.39 is 0 Å². The lowest BCUT2D eigenvalue weighted by Gasteiger charge is -2.24. The molecule has 1 atom stereocenters. The molecule has 0 bridgehead atoms. The van der Waals surface area contributed by atoms with Crippen LogP contribution in [0.1, 0.15) is 22.9 Å². The molecule has 0 aliphatic carbocycles. The van der Waals surface area contributed by atoms with Crippen molar-refractivity contribution >= 4 is 11.3 Å². The maximum absolute atomic E-state index is 4.21. The number of rotatable bonds is 5. The molecule has 0 fully saturated rings. The van der Waals surface area contributed by atoms with Crippen molar-refractivity contribution in [3.05, 3.63) is 34.0 Å². The van der Waals surface area contributed by atoms with Gasteiger partial charge < -0.3 is 9.88 Å². The van der Waals surface area contributed by atoms with Crippen molar-refractivity contribution in [3.63, 3.8) is 0 Å². The minimum atomic E-state index is 0.713. The van der Waals surface area contributed by atoms with E-state index >= 15 is 0 Å². The van der Waals surface area contributed by atoms with Crippen molar-refractivity contribution in [2.45, 2.75) is 32.7 Å². The zero-order chi connectivity index (χ0) is 13.1. The van der Waals surface area contributed by atoms with Crippen LogP contribution in [-0.2, 0) is 19.4 Å². The summed E-state index contributed by atoms with van der Waals surface area (Å²) in [6.45, 7) is 5.29. The first-order valence-corrected chi connectivity index (χ1v) is 7.82. The van der Waals surface area contributed by atoms with Gasteiger partial charge in [-0.3, -0.25) is 0 Å². The van der Waals surface area contributed by atoms with Gasteiger partial charge in [-0.2, -0.15) is 0 Å². The first kappa shape index (κ1) is 12.8. The summed E-state index contributed by atoms with van der Waals surface area (Å²) in [4.78, 5) is 1.47. The Kier molecular flexibility index (Phi) is 3.94. The van der Waals surface area contributed by atoms with E-state index in [4.69, 9.17) is 0 Å². The monoisotopic (exact) mass is 276 g/mol. The van der Waals surface area contributed by atoms with Crippen molar-refractivity contribution < 1.29 is 0 Å². The second-order valence-corrected chi connectivity index (χ2v) is 6.24. The largest absolute Gasteiger partial charge is 0.316 e. The van der Waals surface area contributed by atoms with Gasteiger partial charge in [0, 0.05) is 17.8 Å². The number of aryl methyl sites for hydroxylation is 2. The number of hydrogen-bond donors (Lipinski definition) is 1. The lowest BCUT2D eigenvalue weighted by Crippen LogP contribution is -2.31. The minimum absolute atomic E-state index is 0.713. The molecule has 5 heteroatoms. The molecule has 4 nitrogen and oxygen atoms in total. The summed E-state index contributed by atoms with van der Waals surface area (Å²) < 4.78 is 2.27. The van der Waals surface area contributed by atoms with Crippen LogP contribution in [0.4, 0.5) is 0 Å². The van der Waals surface area contributed by atoms with Crippen LogP contribution in [0, 0.1) is 12.8 Å². The summed E-state index contributed by atoms with van der Waals surface area (Å²) in [5, 5.41) is 14.1. The standard InChI is InChI=1S/C14H20N4S/c1-11-16-17-14-5-4-12(10-18(11)14)9-15-7-6-13-3-2-8-19-13/h2-3,8,12,15H,4-7,9-10H2,1H3/t12-/m0/s1. The average molecular weight is 276 g/mol. The SMILES string of the molecule is Cc1nnc2n1C[C@H](CNCCc1cccs1)CC2. The second-order valence-electron chi connectivity index (χ2n) is 5.21. The quantitative estimate of drug-likeness (QED) is 0.850. The molecule has 2 aromatic heterocycles. The zero-order valence-electron chi connectivity index (χ0n) is 11.3. The lowest BCUT2D eigenvalue weighted by atomic mass is 9.99. The number of aromatic nitrogens is 3. The number of hydrogen-bond acceptors (Lipinski definition) is 4. The molecule has 0 saturated carbocycles. The molecule has 3 rings (SSSR count). The van der Waals surface area contributed by atoms with Gasteiger partial charge in [-0.1, -0.05) is 6.07 Å². The third-order valence-electron chi connectivity index (χ3n) is 3.79. The molecule has 19 heavy (non-hydrogen) atoms. The van der Waals surface area contributed by atoms with E-state index in [9.17, 15) is 0 Å². The normalized spacial score (nSPS) is 18.5. The highest BCUT2D eigenvalue weighted by Crippen LogP contribution is 2.19. The van der Waals surface area contributed by atoms with Crippen LogP contribution < -0.4 is 5.32 Å². The van der Waals surface area contributed by atoms with E-state index in [0.29, 0.717) is 5.92 Å². The summed E-state index contributed by atoms with van der Waals surface area (Å²) in [5.41, 5.74) is 0. The Hall–Kier alpha value is -1.20. The lowest BCUT2D eigenvalue weighted by molar-refractivity contribution is 0.345. The van der Waals surface area contributed by atoms with Crippen molar-refractivity contribution in [3.8, 4) is 0 Å². The minimum Gasteiger partial charge on any atom is -0.316 e. The Labute approximate surface area is 117 Å². The predicted molar refractivity (Wildman–Crippen MR) is 77.5 cm³/mol. The van der Waals surface area contributed by atoms with Crippen molar-refractivity contribution in [2.75, 3.05) is 13.1 Å². The summed E-state index contributed by atoms with van der Waals surface area (Å²) in [6, 6.07) is 4.33. The highest BCUT2D eigenvalue weighted by molar-refractivity contribution is 7.09. The van der Waals surface area contributed by atoms with Gasteiger partial charge in [0.15, 0.2) is 0 Å². The van der Waals surface area contributed by atoms with E-state index in [1.807, 2.05) is 18.3 Å². The Balaban J connectivity index is 1.43. The average Bonchev–Trinajstić information content (AvgIpc) is 3.06. The highest BCUT2D eigenvalue weighted by atomic mass is 32.1. The van der Waals surface area contributed by atoms with Crippen LogP contribution in [0.15, 0.2) is 17.5 Å². The van der Waals surface area contributed by atoms with Crippen molar-refractivity contribution in [2.24, 2.45) is 5.92 Å². The number of fused-ring (bicyclic) bond motifs is 1. The number of nitrogens with zero attached hydrogens (tertiary/aromatic N) is 3. The molecule has 102 valence electrons. The van der Waals surface area contributed by atoms with Gasteiger partial charge in [0.2, 0.25) is 0 Å². The molecule has 0 amide bonds. The predicted octanol–water partition coefficient (Wildman–Crippen LogP) is 2.04. The van der Waals surface area contributed by atoms with Gasteiger partial charge in [-0.15, -0.1) is 21.5 Å². The fourth-order valence-electron chi connectivity index (χ4n) is 2.67. The van der Waals surface area contributed by atoms with Gasteiger partial charge in [0.05, 0.1) is 0 Å². The molecule has 3 heterocycles. The van der Waals surface area contributed by atoms with Crippen molar-refractivity contribution in [1.29, 1.82) is 0 Å². The zero-order valence-corrected chi connectivity index (χ0v) is 12.1. The van der Waals surface area contributed by atoms with Crippen LogP contribution in [0.5, 0.6) is 0 Å². The van der Waals surface area contributed by atoms with E-state index in [1.54, 1.807) is 0 Å². The number of nitrogens with one attached hydrogen (secondary N) is 1. The first-order valence-electron chi connectivity index (χ1n) is 6.94. The third kappa shape index (κ3) is 3.04. The maximum Gasteiger partial charge on any atom is 0.133 e. The molecule has 0 unspecified atom stereocenters. The molecule has 0 spiro atoms. The van der Waals surface area contributed by atoms with Gasteiger partial charge >= 0.3 is 0 Å². The fraction of sp³-hybridized carbons (Fsp3) is 0.571. The molecule has 1 aliphatic rings. The molecule has 1 aliphatic heterocycles. The Bertz CT molecular complexity index is 518. The van der Waals surface area contributed by atoms with Gasteiger partial charge in [-0.25, -0.2) is 0 Å². The molecule has 0 saturated heterocycles. The molecule has 2 aromatic rings. The summed E-state index contributed by atoms with van der Waals surface area (Å²) in [7, 11) is 0. The Morgan fingerprint density at radius 1 is 1.47 bits per heavy atom. The summed E-state index contributed by atoms with van der Waals surface area (Å²) >= 11 is 1.84. The molecule has 0 radical (unpaired) electrons. The van der Waals surface area contributed by atoms with Crippen LogP contribution in [0.2, 0.25) is 0 Å². The van der Waals surface area contributed by atoms with Crippen LogP contribution in [0.3, 0.4) is 0 Å². The van der Waals surface area contributed by atoms with E-state index in [-0.39, 0.29) is 0 Å². The van der Waals surface area contributed by atoms with Gasteiger partial charge in [0.1, 0.15) is 11.6 Å². The Morgan fingerprint density at radius 3 is 3.26 bits per heavy atom. The summed E-state index contributed by atoms with van der Waals surface area (Å²) in [6.07, 6.45) is 3.43. The molecule has 0 aromatic carbocycles. The first-order chi connectivity index (χ1) is 9.33.